The maximum absolute atomic E-state index is 13.0. The zero-order valence-electron chi connectivity index (χ0n) is 16.2. The molecule has 0 saturated carbocycles. The van der Waals surface area contributed by atoms with Crippen LogP contribution in [-0.4, -0.2) is 29.5 Å². The minimum absolute atomic E-state index is 0.0352. The number of rotatable bonds is 8. The summed E-state index contributed by atoms with van der Waals surface area (Å²) in [5, 5.41) is 13.8. The Kier molecular flexibility index (Phi) is 7.24. The maximum Gasteiger partial charge on any atom is 0.339 e. The van der Waals surface area contributed by atoms with E-state index in [1.807, 2.05) is 0 Å². The number of nitrogens with one attached hydrogen (secondary N) is 1. The number of carbonyl (C=O) groups excluding carboxylic acids is 2. The number of benzene rings is 2. The van der Waals surface area contributed by atoms with Gasteiger partial charge in [-0.3, -0.25) is 14.9 Å². The molecule has 0 heterocycles. The smallest absolute Gasteiger partial charge is 0.339 e. The average molecular weight is 404 g/mol. The van der Waals surface area contributed by atoms with Gasteiger partial charge in [-0.25, -0.2) is 9.18 Å². The molecule has 0 aliphatic rings. The van der Waals surface area contributed by atoms with E-state index in [1.54, 1.807) is 13.8 Å². The zero-order chi connectivity index (χ0) is 21.6. The maximum atomic E-state index is 13.0. The fourth-order valence-electron chi connectivity index (χ4n) is 2.51. The molecule has 0 saturated heterocycles. The third-order valence-corrected chi connectivity index (χ3v) is 4.07. The first kappa shape index (κ1) is 21.8. The van der Waals surface area contributed by atoms with Crippen LogP contribution in [0.3, 0.4) is 0 Å². The monoisotopic (exact) mass is 404 g/mol. The highest BCUT2D eigenvalue weighted by atomic mass is 19.1. The molecule has 0 fully saturated rings. The number of amides is 1. The van der Waals surface area contributed by atoms with Crippen molar-refractivity contribution in [3.8, 4) is 5.75 Å². The molecule has 2 atom stereocenters. The average Bonchev–Trinajstić information content (AvgIpc) is 2.68. The molecule has 2 aromatic rings. The van der Waals surface area contributed by atoms with Gasteiger partial charge < -0.3 is 14.8 Å². The van der Waals surface area contributed by atoms with Gasteiger partial charge in [-0.05, 0) is 50.6 Å². The van der Waals surface area contributed by atoms with Crippen molar-refractivity contribution in [2.24, 2.45) is 0 Å². The Labute approximate surface area is 166 Å². The van der Waals surface area contributed by atoms with Gasteiger partial charge in [-0.2, -0.15) is 0 Å². The van der Waals surface area contributed by atoms with Crippen LogP contribution >= 0.6 is 0 Å². The summed E-state index contributed by atoms with van der Waals surface area (Å²) >= 11 is 0. The molecule has 0 aliphatic heterocycles. The van der Waals surface area contributed by atoms with Crippen molar-refractivity contribution in [1.82, 2.24) is 5.32 Å². The Morgan fingerprint density at radius 2 is 1.83 bits per heavy atom. The van der Waals surface area contributed by atoms with Crippen molar-refractivity contribution in [3.63, 3.8) is 0 Å². The van der Waals surface area contributed by atoms with E-state index >= 15 is 0 Å². The summed E-state index contributed by atoms with van der Waals surface area (Å²) in [6.45, 7) is 5.00. The highest BCUT2D eigenvalue weighted by Gasteiger charge is 2.24. The van der Waals surface area contributed by atoms with E-state index in [2.05, 4.69) is 5.32 Å². The molecular formula is C20H21FN2O6. The van der Waals surface area contributed by atoms with Crippen molar-refractivity contribution in [2.45, 2.75) is 32.9 Å². The SMILES string of the molecule is CCOc1ccc(C(=O)OC(C)C(=O)NC(C)c2ccc(F)cc2)cc1[N+](=O)[O-]. The Hall–Kier alpha value is -3.49. The highest BCUT2D eigenvalue weighted by molar-refractivity contribution is 5.93. The van der Waals surface area contributed by atoms with Gasteiger partial charge in [0.25, 0.3) is 5.91 Å². The molecule has 2 unspecified atom stereocenters. The number of hydrogen-bond donors (Lipinski definition) is 1. The summed E-state index contributed by atoms with van der Waals surface area (Å²) in [5.41, 5.74) is 0.232. The van der Waals surface area contributed by atoms with Crippen molar-refractivity contribution in [3.05, 3.63) is 69.5 Å². The van der Waals surface area contributed by atoms with Gasteiger partial charge in [-0.15, -0.1) is 0 Å². The topological polar surface area (TPSA) is 108 Å². The van der Waals surface area contributed by atoms with Gasteiger partial charge in [-0.1, -0.05) is 12.1 Å². The van der Waals surface area contributed by atoms with Gasteiger partial charge in [0, 0.05) is 6.07 Å². The second-order valence-corrected chi connectivity index (χ2v) is 6.20. The van der Waals surface area contributed by atoms with E-state index in [0.717, 1.165) is 6.07 Å². The highest BCUT2D eigenvalue weighted by Crippen LogP contribution is 2.28. The predicted octanol–water partition coefficient (Wildman–Crippen LogP) is 3.56. The fraction of sp³-hybridized carbons (Fsp3) is 0.300. The molecule has 0 spiro atoms. The zero-order valence-corrected chi connectivity index (χ0v) is 16.2. The summed E-state index contributed by atoms with van der Waals surface area (Å²) in [5.74, 6) is -1.80. The van der Waals surface area contributed by atoms with Crippen LogP contribution < -0.4 is 10.1 Å². The first-order valence-electron chi connectivity index (χ1n) is 8.91. The number of nitro benzene ring substituents is 1. The molecular weight excluding hydrogens is 383 g/mol. The Bertz CT molecular complexity index is 900. The molecule has 0 radical (unpaired) electrons. The summed E-state index contributed by atoms with van der Waals surface area (Å²) in [6, 6.07) is 8.87. The molecule has 2 aromatic carbocycles. The van der Waals surface area contributed by atoms with E-state index in [1.165, 1.54) is 43.3 Å². The van der Waals surface area contributed by atoms with E-state index in [4.69, 9.17) is 9.47 Å². The third-order valence-electron chi connectivity index (χ3n) is 4.07. The number of hydrogen-bond acceptors (Lipinski definition) is 6. The minimum Gasteiger partial charge on any atom is -0.487 e. The molecule has 9 heteroatoms. The van der Waals surface area contributed by atoms with Gasteiger partial charge >= 0.3 is 11.7 Å². The summed E-state index contributed by atoms with van der Waals surface area (Å²) in [6.07, 6.45) is -1.14. The Morgan fingerprint density at radius 3 is 2.41 bits per heavy atom. The number of halogens is 1. The summed E-state index contributed by atoms with van der Waals surface area (Å²) in [4.78, 5) is 35.1. The lowest BCUT2D eigenvalue weighted by Crippen LogP contribution is -2.37. The lowest BCUT2D eigenvalue weighted by Gasteiger charge is -2.18. The molecule has 1 amide bonds. The fourth-order valence-corrected chi connectivity index (χ4v) is 2.51. The van der Waals surface area contributed by atoms with Gasteiger partial charge in [0.1, 0.15) is 5.82 Å². The van der Waals surface area contributed by atoms with Crippen molar-refractivity contribution >= 4 is 17.6 Å². The molecule has 0 aliphatic carbocycles. The largest absolute Gasteiger partial charge is 0.487 e. The van der Waals surface area contributed by atoms with Crippen LogP contribution in [0.5, 0.6) is 5.75 Å². The van der Waals surface area contributed by atoms with E-state index < -0.39 is 28.9 Å². The van der Waals surface area contributed by atoms with Crippen LogP contribution in [0.25, 0.3) is 0 Å². The summed E-state index contributed by atoms with van der Waals surface area (Å²) < 4.78 is 23.3. The van der Waals surface area contributed by atoms with Crippen LogP contribution in [0.2, 0.25) is 0 Å². The van der Waals surface area contributed by atoms with Crippen molar-refractivity contribution in [1.29, 1.82) is 0 Å². The van der Waals surface area contributed by atoms with E-state index in [-0.39, 0.29) is 29.4 Å². The number of carbonyl (C=O) groups is 2. The Balaban J connectivity index is 2.03. The lowest BCUT2D eigenvalue weighted by molar-refractivity contribution is -0.385. The standard InChI is InChI=1S/C20H21FN2O6/c1-4-28-18-10-7-15(11-17(18)23(26)27)20(25)29-13(3)19(24)22-12(2)14-5-8-16(21)9-6-14/h5-13H,4H2,1-3H3,(H,22,24). The van der Waals surface area contributed by atoms with Crippen molar-refractivity contribution < 1.29 is 28.4 Å². The molecule has 0 aromatic heterocycles. The van der Waals surface area contributed by atoms with E-state index in [9.17, 15) is 24.1 Å². The van der Waals surface area contributed by atoms with Crippen LogP contribution in [0.15, 0.2) is 42.5 Å². The van der Waals surface area contributed by atoms with Crippen molar-refractivity contribution in [2.75, 3.05) is 6.61 Å². The molecule has 2 rings (SSSR count). The first-order chi connectivity index (χ1) is 13.7. The number of esters is 1. The third kappa shape index (κ3) is 5.74. The Morgan fingerprint density at radius 1 is 1.17 bits per heavy atom. The quantitative estimate of drug-likeness (QED) is 0.409. The van der Waals surface area contributed by atoms with Gasteiger partial charge in [0.15, 0.2) is 11.9 Å². The number of ether oxygens (including phenoxy) is 2. The molecule has 8 nitrogen and oxygen atoms in total. The van der Waals surface area contributed by atoms with E-state index in [0.29, 0.717) is 5.56 Å². The van der Waals surface area contributed by atoms with Gasteiger partial charge in [0.2, 0.25) is 0 Å². The normalized spacial score (nSPS) is 12.6. The lowest BCUT2D eigenvalue weighted by atomic mass is 10.1. The van der Waals surface area contributed by atoms with Gasteiger partial charge in [0.05, 0.1) is 23.1 Å². The van der Waals surface area contributed by atoms with Crippen LogP contribution in [0.4, 0.5) is 10.1 Å². The minimum atomic E-state index is -1.14. The second kappa shape index (κ2) is 9.63. The molecule has 154 valence electrons. The molecule has 29 heavy (non-hydrogen) atoms. The predicted molar refractivity (Wildman–Crippen MR) is 102 cm³/mol. The second-order valence-electron chi connectivity index (χ2n) is 6.20. The van der Waals surface area contributed by atoms with Crippen LogP contribution in [0, 0.1) is 15.9 Å². The number of nitrogens with zero attached hydrogens (tertiary/aromatic N) is 1. The molecule has 1 N–H and O–H groups in total. The van der Waals surface area contributed by atoms with Crippen LogP contribution in [0.1, 0.15) is 42.7 Å². The number of nitro groups is 1. The summed E-state index contributed by atoms with van der Waals surface area (Å²) in [7, 11) is 0. The van der Waals surface area contributed by atoms with Crippen LogP contribution in [-0.2, 0) is 9.53 Å². The molecule has 0 bridgehead atoms. The first-order valence-corrected chi connectivity index (χ1v) is 8.91.